The second-order valence-electron chi connectivity index (χ2n) is 8.10. The third kappa shape index (κ3) is 5.13. The van der Waals surface area contributed by atoms with Crippen LogP contribution in [0.1, 0.15) is 43.6 Å². The van der Waals surface area contributed by atoms with E-state index in [1.54, 1.807) is 13.2 Å². The molecule has 1 saturated carbocycles. The molecular formula is C20H30N4O4. The van der Waals surface area contributed by atoms with E-state index < -0.39 is 17.9 Å². The van der Waals surface area contributed by atoms with Crippen LogP contribution < -0.4 is 20.7 Å². The second-order valence-corrected chi connectivity index (χ2v) is 8.10. The number of nitrogens with one attached hydrogen (secondary N) is 1. The van der Waals surface area contributed by atoms with Crippen molar-refractivity contribution in [3.8, 4) is 5.88 Å². The standard InChI is InChI=1S/C20H30N4O4/c1-12(2)8-16(18(21)25)22-19(26)15-6-7-17(24-9-14(10-24)27-3)20(23-15)28-11-13-4-5-13/h6-7,12-14,16H,4-5,8-11H2,1-3H3,(H2,21,25)(H,22,26)/t16-/m0/s1. The highest BCUT2D eigenvalue weighted by atomic mass is 16.5. The van der Waals surface area contributed by atoms with Crippen LogP contribution in [0.25, 0.3) is 0 Å². The average molecular weight is 390 g/mol. The molecule has 2 fully saturated rings. The van der Waals surface area contributed by atoms with Crippen molar-refractivity contribution >= 4 is 17.5 Å². The van der Waals surface area contributed by atoms with E-state index in [1.165, 1.54) is 12.8 Å². The average Bonchev–Trinajstić information content (AvgIpc) is 3.43. The highest BCUT2D eigenvalue weighted by Crippen LogP contribution is 2.34. The Labute approximate surface area is 165 Å². The van der Waals surface area contributed by atoms with Crippen molar-refractivity contribution < 1.29 is 19.1 Å². The molecule has 3 N–H and O–H groups in total. The largest absolute Gasteiger partial charge is 0.476 e. The zero-order chi connectivity index (χ0) is 20.3. The number of hydrogen-bond acceptors (Lipinski definition) is 6. The van der Waals surface area contributed by atoms with Gasteiger partial charge in [0.05, 0.1) is 12.7 Å². The summed E-state index contributed by atoms with van der Waals surface area (Å²) in [5, 5.41) is 2.70. The molecule has 1 atom stereocenters. The van der Waals surface area contributed by atoms with Gasteiger partial charge in [-0.3, -0.25) is 9.59 Å². The summed E-state index contributed by atoms with van der Waals surface area (Å²) in [4.78, 5) is 30.9. The Balaban J connectivity index is 1.73. The Kier molecular flexibility index (Phi) is 6.39. The molecule has 8 heteroatoms. The number of nitrogens with zero attached hydrogens (tertiary/aromatic N) is 2. The third-order valence-corrected chi connectivity index (χ3v) is 5.10. The Morgan fingerprint density at radius 2 is 2.04 bits per heavy atom. The molecular weight excluding hydrogens is 360 g/mol. The molecule has 1 aliphatic carbocycles. The van der Waals surface area contributed by atoms with Gasteiger partial charge < -0.3 is 25.4 Å². The van der Waals surface area contributed by atoms with Gasteiger partial charge in [-0.1, -0.05) is 13.8 Å². The topological polar surface area (TPSA) is 107 Å². The monoisotopic (exact) mass is 390 g/mol. The van der Waals surface area contributed by atoms with Gasteiger partial charge in [0.2, 0.25) is 11.8 Å². The fraction of sp³-hybridized carbons (Fsp3) is 0.650. The molecule has 28 heavy (non-hydrogen) atoms. The van der Waals surface area contributed by atoms with Crippen molar-refractivity contribution in [1.29, 1.82) is 0 Å². The molecule has 1 aromatic rings. The number of anilines is 1. The zero-order valence-corrected chi connectivity index (χ0v) is 16.8. The van der Waals surface area contributed by atoms with Gasteiger partial charge in [0, 0.05) is 20.2 Å². The molecule has 1 saturated heterocycles. The van der Waals surface area contributed by atoms with Crippen molar-refractivity contribution in [2.24, 2.45) is 17.6 Å². The first-order chi connectivity index (χ1) is 13.4. The smallest absolute Gasteiger partial charge is 0.270 e. The molecule has 0 spiro atoms. The minimum atomic E-state index is -0.720. The summed E-state index contributed by atoms with van der Waals surface area (Å²) in [6.07, 6.45) is 3.02. The van der Waals surface area contributed by atoms with Gasteiger partial charge in [0.25, 0.3) is 5.91 Å². The number of aromatic nitrogens is 1. The van der Waals surface area contributed by atoms with Crippen molar-refractivity contribution in [2.45, 2.75) is 45.3 Å². The van der Waals surface area contributed by atoms with Gasteiger partial charge in [0.1, 0.15) is 17.4 Å². The van der Waals surface area contributed by atoms with Gasteiger partial charge in [-0.2, -0.15) is 0 Å². The fourth-order valence-electron chi connectivity index (χ4n) is 3.12. The molecule has 3 rings (SSSR count). The molecule has 0 bridgehead atoms. The van der Waals surface area contributed by atoms with Crippen LogP contribution in [-0.4, -0.2) is 55.8 Å². The van der Waals surface area contributed by atoms with Crippen LogP contribution in [0.5, 0.6) is 5.88 Å². The zero-order valence-electron chi connectivity index (χ0n) is 16.8. The normalized spacial score (nSPS) is 17.9. The van der Waals surface area contributed by atoms with Crippen molar-refractivity contribution in [2.75, 3.05) is 31.7 Å². The summed E-state index contributed by atoms with van der Waals surface area (Å²) in [5.41, 5.74) is 6.50. The maximum atomic E-state index is 12.6. The molecule has 2 amide bonds. The van der Waals surface area contributed by atoms with Crippen LogP contribution in [-0.2, 0) is 9.53 Å². The lowest BCUT2D eigenvalue weighted by Crippen LogP contribution is -2.52. The fourth-order valence-corrected chi connectivity index (χ4v) is 3.12. The van der Waals surface area contributed by atoms with E-state index in [2.05, 4.69) is 15.2 Å². The maximum absolute atomic E-state index is 12.6. The van der Waals surface area contributed by atoms with Crippen LogP contribution in [0.2, 0.25) is 0 Å². The number of amides is 2. The van der Waals surface area contributed by atoms with E-state index in [-0.39, 0.29) is 17.7 Å². The van der Waals surface area contributed by atoms with Crippen LogP contribution in [0.15, 0.2) is 12.1 Å². The predicted octanol–water partition coefficient (Wildman–Crippen LogP) is 1.34. The van der Waals surface area contributed by atoms with E-state index in [1.807, 2.05) is 19.9 Å². The van der Waals surface area contributed by atoms with Crippen molar-refractivity contribution in [3.05, 3.63) is 17.8 Å². The third-order valence-electron chi connectivity index (χ3n) is 5.10. The first kappa shape index (κ1) is 20.4. The quantitative estimate of drug-likeness (QED) is 0.624. The number of rotatable bonds is 10. The SMILES string of the molecule is COC1CN(c2ccc(C(=O)N[C@@H](CC(C)C)C(N)=O)nc2OCC2CC2)C1. The minimum absolute atomic E-state index is 0.201. The van der Waals surface area contributed by atoms with Crippen LogP contribution in [0.4, 0.5) is 5.69 Å². The summed E-state index contributed by atoms with van der Waals surface area (Å²) in [6, 6.07) is 2.78. The molecule has 154 valence electrons. The lowest BCUT2D eigenvalue weighted by Gasteiger charge is -2.40. The van der Waals surface area contributed by atoms with E-state index >= 15 is 0 Å². The minimum Gasteiger partial charge on any atom is -0.476 e. The number of pyridine rings is 1. The Morgan fingerprint density at radius 3 is 2.61 bits per heavy atom. The number of nitrogens with two attached hydrogens (primary N) is 1. The highest BCUT2D eigenvalue weighted by Gasteiger charge is 2.31. The molecule has 0 radical (unpaired) electrons. The number of hydrogen-bond donors (Lipinski definition) is 2. The van der Waals surface area contributed by atoms with E-state index in [9.17, 15) is 9.59 Å². The summed E-state index contributed by atoms with van der Waals surface area (Å²) >= 11 is 0. The van der Waals surface area contributed by atoms with Crippen LogP contribution >= 0.6 is 0 Å². The van der Waals surface area contributed by atoms with E-state index in [0.29, 0.717) is 24.8 Å². The number of methoxy groups -OCH3 is 1. The van der Waals surface area contributed by atoms with Crippen LogP contribution in [0, 0.1) is 11.8 Å². The maximum Gasteiger partial charge on any atom is 0.270 e. The lowest BCUT2D eigenvalue weighted by atomic mass is 10.0. The first-order valence-corrected chi connectivity index (χ1v) is 9.89. The number of carbonyl (C=O) groups excluding carboxylic acids is 2. The van der Waals surface area contributed by atoms with Crippen LogP contribution in [0.3, 0.4) is 0 Å². The van der Waals surface area contributed by atoms with Gasteiger partial charge in [0.15, 0.2) is 0 Å². The van der Waals surface area contributed by atoms with E-state index in [4.69, 9.17) is 15.2 Å². The van der Waals surface area contributed by atoms with Crippen molar-refractivity contribution in [3.63, 3.8) is 0 Å². The molecule has 2 heterocycles. The van der Waals surface area contributed by atoms with Gasteiger partial charge in [-0.15, -0.1) is 0 Å². The summed E-state index contributed by atoms with van der Waals surface area (Å²) in [7, 11) is 1.70. The first-order valence-electron chi connectivity index (χ1n) is 9.89. The molecule has 0 aromatic carbocycles. The van der Waals surface area contributed by atoms with Gasteiger partial charge in [-0.05, 0) is 43.2 Å². The van der Waals surface area contributed by atoms with E-state index in [0.717, 1.165) is 18.8 Å². The number of ether oxygens (including phenoxy) is 2. The Bertz CT molecular complexity index is 714. The van der Waals surface area contributed by atoms with Gasteiger partial charge in [-0.25, -0.2) is 4.98 Å². The Morgan fingerprint density at radius 1 is 1.32 bits per heavy atom. The molecule has 0 unspecified atom stereocenters. The number of carbonyl (C=O) groups is 2. The summed E-state index contributed by atoms with van der Waals surface area (Å²) < 4.78 is 11.3. The summed E-state index contributed by atoms with van der Waals surface area (Å²) in [6.45, 7) is 6.08. The number of primary amides is 1. The summed E-state index contributed by atoms with van der Waals surface area (Å²) in [5.74, 6) is 0.278. The molecule has 8 nitrogen and oxygen atoms in total. The molecule has 1 aromatic heterocycles. The lowest BCUT2D eigenvalue weighted by molar-refractivity contribution is -0.120. The molecule has 1 aliphatic heterocycles. The Hall–Kier alpha value is -2.35. The predicted molar refractivity (Wildman–Crippen MR) is 105 cm³/mol. The van der Waals surface area contributed by atoms with Gasteiger partial charge >= 0.3 is 0 Å². The highest BCUT2D eigenvalue weighted by molar-refractivity contribution is 5.96. The van der Waals surface area contributed by atoms with Crippen molar-refractivity contribution in [1.82, 2.24) is 10.3 Å². The molecule has 2 aliphatic rings. The second kappa shape index (κ2) is 8.77.